The zero-order valence-electron chi connectivity index (χ0n) is 14.2. The molecular formula is C16H29ClN4O2. The smallest absolute Gasteiger partial charge is 0.248 e. The number of rotatable bonds is 6. The van der Waals surface area contributed by atoms with E-state index < -0.39 is 5.54 Å². The van der Waals surface area contributed by atoms with Gasteiger partial charge in [0.05, 0.1) is 6.10 Å². The Kier molecular flexibility index (Phi) is 7.04. The van der Waals surface area contributed by atoms with E-state index in [1.54, 1.807) is 17.8 Å². The van der Waals surface area contributed by atoms with Crippen LogP contribution in [0, 0.1) is 5.41 Å². The number of nitrogens with one attached hydrogen (secondary N) is 2. The fraction of sp³-hybridized carbons (Fsp3) is 0.750. The molecule has 1 atom stereocenters. The van der Waals surface area contributed by atoms with Crippen LogP contribution in [0.4, 0.5) is 0 Å². The highest BCUT2D eigenvalue weighted by Gasteiger charge is 2.42. The quantitative estimate of drug-likeness (QED) is 0.726. The Morgan fingerprint density at radius 2 is 2.13 bits per heavy atom. The van der Waals surface area contributed by atoms with E-state index in [0.717, 1.165) is 25.9 Å². The van der Waals surface area contributed by atoms with Crippen molar-refractivity contribution < 1.29 is 9.90 Å². The first-order chi connectivity index (χ1) is 10.4. The third-order valence-corrected chi connectivity index (χ3v) is 4.37. The summed E-state index contributed by atoms with van der Waals surface area (Å²) in [5.74, 6) is 0.0244. The molecule has 1 aromatic rings. The van der Waals surface area contributed by atoms with Gasteiger partial charge in [-0.15, -0.1) is 12.4 Å². The summed E-state index contributed by atoms with van der Waals surface area (Å²) < 4.78 is 1.80. The number of hydrogen-bond acceptors (Lipinski definition) is 4. The molecule has 2 rings (SSSR count). The summed E-state index contributed by atoms with van der Waals surface area (Å²) in [5.41, 5.74) is -0.738. The molecule has 2 heterocycles. The molecule has 1 unspecified atom stereocenters. The van der Waals surface area contributed by atoms with Crippen molar-refractivity contribution in [2.45, 2.75) is 51.7 Å². The lowest BCUT2D eigenvalue weighted by molar-refractivity contribution is -0.132. The van der Waals surface area contributed by atoms with Gasteiger partial charge in [0, 0.05) is 18.9 Å². The van der Waals surface area contributed by atoms with Gasteiger partial charge in [0.2, 0.25) is 5.91 Å². The Morgan fingerprint density at radius 1 is 1.48 bits per heavy atom. The van der Waals surface area contributed by atoms with Crippen LogP contribution in [0.3, 0.4) is 0 Å². The fourth-order valence-corrected chi connectivity index (χ4v) is 3.28. The molecule has 6 nitrogen and oxygen atoms in total. The van der Waals surface area contributed by atoms with Crippen LogP contribution in [0.1, 0.15) is 40.0 Å². The number of piperidine rings is 1. The number of halogens is 1. The molecule has 1 aliphatic rings. The maximum absolute atomic E-state index is 12.9. The highest BCUT2D eigenvalue weighted by Crippen LogP contribution is 2.28. The minimum Gasteiger partial charge on any atom is -0.393 e. The van der Waals surface area contributed by atoms with E-state index in [2.05, 4.69) is 29.6 Å². The van der Waals surface area contributed by atoms with Crippen LogP contribution in [-0.4, -0.2) is 46.5 Å². The summed E-state index contributed by atoms with van der Waals surface area (Å²) >= 11 is 0. The van der Waals surface area contributed by atoms with Crippen molar-refractivity contribution in [1.29, 1.82) is 0 Å². The van der Waals surface area contributed by atoms with E-state index in [9.17, 15) is 9.90 Å². The Balaban J connectivity index is 0.00000264. The van der Waals surface area contributed by atoms with Gasteiger partial charge in [-0.05, 0) is 50.8 Å². The number of aliphatic hydroxyl groups is 1. The van der Waals surface area contributed by atoms with E-state index in [0.29, 0.717) is 13.0 Å². The van der Waals surface area contributed by atoms with Gasteiger partial charge in [0.15, 0.2) is 0 Å². The van der Waals surface area contributed by atoms with Gasteiger partial charge in [-0.25, -0.2) is 0 Å². The van der Waals surface area contributed by atoms with Crippen molar-refractivity contribution in [3.8, 4) is 0 Å². The van der Waals surface area contributed by atoms with Crippen LogP contribution in [0.25, 0.3) is 0 Å². The van der Waals surface area contributed by atoms with Crippen LogP contribution in [-0.2, 0) is 10.3 Å². The molecule has 0 aromatic carbocycles. The molecule has 1 aliphatic heterocycles. The number of carbonyl (C=O) groups excluding carboxylic acids is 1. The minimum absolute atomic E-state index is 0. The summed E-state index contributed by atoms with van der Waals surface area (Å²) in [5, 5.41) is 20.3. The highest BCUT2D eigenvalue weighted by molar-refractivity contribution is 5.85. The second kappa shape index (κ2) is 8.13. The van der Waals surface area contributed by atoms with Gasteiger partial charge in [-0.2, -0.15) is 5.10 Å². The standard InChI is InChI=1S/C16H28N4O2.ClH/c1-13(21)11-15(2,3)12-18-14(22)16(5-8-17-9-6-16)20-10-4-7-19-20;/h4,7,10,13,17,21H,5-6,8-9,11-12H2,1-3H3,(H,18,22);1H. The molecule has 0 bridgehead atoms. The second-order valence-corrected chi connectivity index (χ2v) is 7.13. The van der Waals surface area contributed by atoms with E-state index in [-0.39, 0.29) is 29.8 Å². The Bertz CT molecular complexity index is 482. The summed E-state index contributed by atoms with van der Waals surface area (Å²) in [6.45, 7) is 8.06. The first-order valence-electron chi connectivity index (χ1n) is 8.03. The molecule has 1 saturated heterocycles. The van der Waals surface area contributed by atoms with Crippen LogP contribution < -0.4 is 10.6 Å². The van der Waals surface area contributed by atoms with E-state index in [4.69, 9.17) is 0 Å². The van der Waals surface area contributed by atoms with Crippen LogP contribution in [0.2, 0.25) is 0 Å². The first kappa shape index (κ1) is 19.9. The second-order valence-electron chi connectivity index (χ2n) is 7.13. The molecule has 1 aromatic heterocycles. The van der Waals surface area contributed by atoms with Crippen molar-refractivity contribution in [3.63, 3.8) is 0 Å². The van der Waals surface area contributed by atoms with Crippen molar-refractivity contribution in [1.82, 2.24) is 20.4 Å². The topological polar surface area (TPSA) is 79.2 Å². The Hall–Kier alpha value is -1.11. The normalized spacial score (nSPS) is 18.8. The number of nitrogens with zero attached hydrogens (tertiary/aromatic N) is 2. The van der Waals surface area contributed by atoms with E-state index in [1.165, 1.54) is 0 Å². The summed E-state index contributed by atoms with van der Waals surface area (Å²) in [7, 11) is 0. The van der Waals surface area contributed by atoms with Crippen LogP contribution >= 0.6 is 12.4 Å². The predicted octanol–water partition coefficient (Wildman–Crippen LogP) is 1.30. The summed E-state index contributed by atoms with van der Waals surface area (Å²) in [4.78, 5) is 12.9. The van der Waals surface area contributed by atoms with Gasteiger partial charge in [-0.1, -0.05) is 13.8 Å². The Morgan fingerprint density at radius 3 is 2.65 bits per heavy atom. The highest BCUT2D eigenvalue weighted by atomic mass is 35.5. The molecular weight excluding hydrogens is 316 g/mol. The molecule has 132 valence electrons. The molecule has 1 amide bonds. The summed E-state index contributed by atoms with van der Waals surface area (Å²) in [6, 6.07) is 1.86. The zero-order valence-corrected chi connectivity index (χ0v) is 15.0. The van der Waals surface area contributed by atoms with Crippen molar-refractivity contribution >= 4 is 18.3 Å². The van der Waals surface area contributed by atoms with Crippen molar-refractivity contribution in [2.75, 3.05) is 19.6 Å². The predicted molar refractivity (Wildman–Crippen MR) is 92.6 cm³/mol. The van der Waals surface area contributed by atoms with E-state index >= 15 is 0 Å². The lowest BCUT2D eigenvalue weighted by Crippen LogP contribution is -2.55. The number of aromatic nitrogens is 2. The van der Waals surface area contributed by atoms with Gasteiger partial charge < -0.3 is 15.7 Å². The Labute approximate surface area is 144 Å². The van der Waals surface area contributed by atoms with Gasteiger partial charge >= 0.3 is 0 Å². The average molecular weight is 345 g/mol. The molecule has 7 heteroatoms. The van der Waals surface area contributed by atoms with Gasteiger partial charge in [0.25, 0.3) is 0 Å². The van der Waals surface area contributed by atoms with Gasteiger partial charge in [0.1, 0.15) is 5.54 Å². The average Bonchev–Trinajstić information content (AvgIpc) is 2.99. The van der Waals surface area contributed by atoms with Crippen LogP contribution in [0.5, 0.6) is 0 Å². The molecule has 0 aliphatic carbocycles. The molecule has 0 spiro atoms. The molecule has 0 radical (unpaired) electrons. The maximum atomic E-state index is 12.9. The molecule has 0 saturated carbocycles. The SMILES string of the molecule is CC(O)CC(C)(C)CNC(=O)C1(n2cccn2)CCNCC1.Cl. The molecule has 23 heavy (non-hydrogen) atoms. The number of amides is 1. The maximum Gasteiger partial charge on any atom is 0.248 e. The van der Waals surface area contributed by atoms with Crippen molar-refractivity contribution in [2.24, 2.45) is 5.41 Å². The van der Waals surface area contributed by atoms with Crippen LogP contribution in [0.15, 0.2) is 18.5 Å². The number of hydrogen-bond donors (Lipinski definition) is 3. The number of carbonyl (C=O) groups is 1. The summed E-state index contributed by atoms with van der Waals surface area (Å²) in [6.07, 6.45) is 5.34. The largest absolute Gasteiger partial charge is 0.393 e. The zero-order chi connectivity index (χ0) is 16.2. The van der Waals surface area contributed by atoms with E-state index in [1.807, 2.05) is 12.3 Å². The first-order valence-corrected chi connectivity index (χ1v) is 8.03. The third-order valence-electron chi connectivity index (χ3n) is 4.37. The lowest BCUT2D eigenvalue weighted by Gasteiger charge is -2.37. The fourth-order valence-electron chi connectivity index (χ4n) is 3.28. The van der Waals surface area contributed by atoms with Gasteiger partial charge in [-0.3, -0.25) is 9.48 Å². The van der Waals surface area contributed by atoms with Crippen molar-refractivity contribution in [3.05, 3.63) is 18.5 Å². The number of aliphatic hydroxyl groups excluding tert-OH is 1. The minimum atomic E-state index is -0.602. The lowest BCUT2D eigenvalue weighted by atomic mass is 9.84. The molecule has 1 fully saturated rings. The monoisotopic (exact) mass is 344 g/mol. The molecule has 3 N–H and O–H groups in total. The third kappa shape index (κ3) is 4.93.